The summed E-state index contributed by atoms with van der Waals surface area (Å²) in [6.45, 7) is 4.09. The molecule has 0 fully saturated rings. The average Bonchev–Trinajstić information content (AvgIpc) is 3.10. The molecular weight excluding hydrogens is 635 g/mol. The number of nitrogens with one attached hydrogen (secondary N) is 1. The molecule has 9 heteroatoms. The summed E-state index contributed by atoms with van der Waals surface area (Å²) >= 11 is 0. The van der Waals surface area contributed by atoms with Crippen molar-refractivity contribution in [1.82, 2.24) is 5.32 Å². The first-order valence-electron chi connectivity index (χ1n) is 16.4. The van der Waals surface area contributed by atoms with Crippen LogP contribution in [-0.4, -0.2) is 23.1 Å². The minimum absolute atomic E-state index is 0.160. The van der Waals surface area contributed by atoms with Crippen molar-refractivity contribution in [1.29, 1.82) is 0 Å². The molecule has 0 aliphatic heterocycles. The molecule has 0 unspecified atom stereocenters. The lowest BCUT2D eigenvalue weighted by Crippen LogP contribution is -2.50. The van der Waals surface area contributed by atoms with Gasteiger partial charge in [0.25, 0.3) is 0 Å². The highest BCUT2D eigenvalue weighted by Crippen LogP contribution is 2.53. The van der Waals surface area contributed by atoms with Crippen molar-refractivity contribution in [3.05, 3.63) is 178 Å². The molecule has 5 aromatic carbocycles. The van der Waals surface area contributed by atoms with E-state index in [0.717, 1.165) is 16.7 Å². The zero-order valence-corrected chi connectivity index (χ0v) is 28.8. The first kappa shape index (κ1) is 35.6. The molecule has 0 saturated heterocycles. The van der Waals surface area contributed by atoms with E-state index in [1.54, 1.807) is 60.7 Å². The second kappa shape index (κ2) is 16.6. The first-order chi connectivity index (χ1) is 23.6. The van der Waals surface area contributed by atoms with E-state index in [4.69, 9.17) is 13.6 Å². The third-order valence-corrected chi connectivity index (χ3v) is 9.95. The lowest BCUT2D eigenvalue weighted by molar-refractivity contribution is -0.572. The van der Waals surface area contributed by atoms with E-state index in [-0.39, 0.29) is 22.8 Å². The van der Waals surface area contributed by atoms with Gasteiger partial charge in [-0.05, 0) is 65.6 Å². The van der Waals surface area contributed by atoms with Crippen LogP contribution in [0, 0.1) is 15.5 Å². The van der Waals surface area contributed by atoms with Crippen molar-refractivity contribution >= 4 is 7.82 Å². The molecule has 0 aliphatic rings. The summed E-state index contributed by atoms with van der Waals surface area (Å²) in [5.74, 6) is 0.507. The monoisotopic (exact) mass is 678 g/mol. The molecule has 0 aliphatic carbocycles. The Labute approximate surface area is 288 Å². The molecule has 0 saturated carbocycles. The highest BCUT2D eigenvalue weighted by Gasteiger charge is 2.51. The minimum Gasteiger partial charge on any atom is -0.395 e. The lowest BCUT2D eigenvalue weighted by atomic mass is 9.70. The second-order valence-electron chi connectivity index (χ2n) is 12.9. The van der Waals surface area contributed by atoms with Crippen LogP contribution in [0.4, 0.5) is 0 Å². The van der Waals surface area contributed by atoms with Crippen LogP contribution in [0.3, 0.4) is 0 Å². The molecule has 49 heavy (non-hydrogen) atoms. The summed E-state index contributed by atoms with van der Waals surface area (Å²) in [4.78, 5) is 12.4. The Bertz CT molecular complexity index is 1690. The Balaban J connectivity index is 1.58. The van der Waals surface area contributed by atoms with E-state index in [0.29, 0.717) is 25.9 Å². The van der Waals surface area contributed by atoms with Gasteiger partial charge in [0.15, 0.2) is 0 Å². The van der Waals surface area contributed by atoms with Crippen molar-refractivity contribution < 1.29 is 23.1 Å². The van der Waals surface area contributed by atoms with E-state index in [1.165, 1.54) is 13.8 Å². The van der Waals surface area contributed by atoms with Gasteiger partial charge >= 0.3 is 7.82 Å². The van der Waals surface area contributed by atoms with Gasteiger partial charge in [-0.15, -0.1) is 0 Å². The highest BCUT2D eigenvalue weighted by atomic mass is 31.2. The number of benzene rings is 5. The van der Waals surface area contributed by atoms with Crippen LogP contribution in [-0.2, 0) is 28.5 Å². The number of rotatable bonds is 18. The first-order valence-corrected chi connectivity index (χ1v) is 17.9. The Kier molecular flexibility index (Phi) is 12.0. The van der Waals surface area contributed by atoms with Crippen LogP contribution in [0.15, 0.2) is 152 Å². The molecule has 0 amide bonds. The Morgan fingerprint density at radius 1 is 0.653 bits per heavy atom. The summed E-state index contributed by atoms with van der Waals surface area (Å²) in [7, 11) is -4.50. The lowest BCUT2D eigenvalue weighted by Gasteiger charge is -2.40. The van der Waals surface area contributed by atoms with Crippen molar-refractivity contribution in [2.24, 2.45) is 5.41 Å². The maximum absolute atomic E-state index is 14.7. The zero-order chi connectivity index (χ0) is 34.6. The van der Waals surface area contributed by atoms with E-state index < -0.39 is 24.9 Å². The molecule has 5 rings (SSSR count). The fraction of sp³-hybridized carbons (Fsp3) is 0.250. The second-order valence-corrected chi connectivity index (χ2v) is 14.3. The van der Waals surface area contributed by atoms with Crippen LogP contribution < -0.4 is 14.4 Å². The average molecular weight is 679 g/mol. The van der Waals surface area contributed by atoms with Crippen molar-refractivity contribution in [3.63, 3.8) is 0 Å². The van der Waals surface area contributed by atoms with Gasteiger partial charge in [-0.25, -0.2) is 4.57 Å². The van der Waals surface area contributed by atoms with Gasteiger partial charge in [0.05, 0.1) is 0 Å². The van der Waals surface area contributed by atoms with Gasteiger partial charge in [0, 0.05) is 31.9 Å². The Hall–Kier alpha value is -4.75. The number of phosphoric acid groups is 1. The Morgan fingerprint density at radius 2 is 1.04 bits per heavy atom. The van der Waals surface area contributed by atoms with Gasteiger partial charge in [-0.3, -0.25) is 14.6 Å². The smallest absolute Gasteiger partial charge is 0.395 e. The van der Waals surface area contributed by atoms with E-state index in [1.807, 2.05) is 54.6 Å². The maximum Gasteiger partial charge on any atom is 0.588 e. The quantitative estimate of drug-likeness (QED) is 0.0560. The predicted molar refractivity (Wildman–Crippen MR) is 193 cm³/mol. The van der Waals surface area contributed by atoms with Gasteiger partial charge in [-0.1, -0.05) is 127 Å². The number of para-hydroxylation sites is 2. The molecule has 1 N–H and O–H groups in total. The third kappa shape index (κ3) is 10.4. The minimum atomic E-state index is -4.50. The number of hydrogen-bond acceptors (Lipinski definition) is 7. The number of hydrogen-bond donors (Lipinski definition) is 1. The third-order valence-electron chi connectivity index (χ3n) is 8.57. The van der Waals surface area contributed by atoms with Gasteiger partial charge in [0.1, 0.15) is 17.6 Å². The fourth-order valence-corrected chi connectivity index (χ4v) is 7.42. The van der Waals surface area contributed by atoms with Crippen molar-refractivity contribution in [2.45, 2.75) is 51.3 Å². The van der Waals surface area contributed by atoms with Crippen molar-refractivity contribution in [2.75, 3.05) is 6.54 Å². The fourth-order valence-electron chi connectivity index (χ4n) is 5.89. The van der Waals surface area contributed by atoms with Crippen LogP contribution in [0.2, 0.25) is 0 Å². The standard InChI is InChI=1S/C40H43N2O6P/c1-39(2,42(43)44)38(48-49(45,46-36-24-14-6-15-25-36)47-37-26-16-7-17-27-37)30-40(28-33-18-8-3-9-19-33,29-34-20-10-4-11-21-34)32-41-31-35-22-12-5-13-23-35/h3-27,38,41H,28-32H2,1-2H3/t38-/m1/s1. The summed E-state index contributed by atoms with van der Waals surface area (Å²) < 4.78 is 33.1. The predicted octanol–water partition coefficient (Wildman–Crippen LogP) is 9.34. The molecule has 8 nitrogen and oxygen atoms in total. The zero-order valence-electron chi connectivity index (χ0n) is 27.9. The van der Waals surface area contributed by atoms with Gasteiger partial charge in [0.2, 0.25) is 5.54 Å². The molecule has 0 bridgehead atoms. The van der Waals surface area contributed by atoms with Crippen molar-refractivity contribution in [3.8, 4) is 11.5 Å². The van der Waals surface area contributed by atoms with Gasteiger partial charge in [-0.2, -0.15) is 0 Å². The molecule has 254 valence electrons. The summed E-state index contributed by atoms with van der Waals surface area (Å²) in [6, 6.07) is 47.4. The molecule has 5 aromatic rings. The molecule has 1 atom stereocenters. The number of nitrogens with zero attached hydrogens (tertiary/aromatic N) is 1. The summed E-state index contributed by atoms with van der Waals surface area (Å²) in [5.41, 5.74) is 0.933. The molecule has 0 heterocycles. The van der Waals surface area contributed by atoms with E-state index in [9.17, 15) is 14.7 Å². The molecule has 0 spiro atoms. The Morgan fingerprint density at radius 3 is 1.45 bits per heavy atom. The van der Waals surface area contributed by atoms with E-state index in [2.05, 4.69) is 41.7 Å². The summed E-state index contributed by atoms with van der Waals surface area (Å²) in [5, 5.41) is 16.5. The van der Waals surface area contributed by atoms with Crippen LogP contribution in [0.25, 0.3) is 0 Å². The number of phosphoric ester groups is 1. The number of nitro groups is 1. The van der Waals surface area contributed by atoms with Gasteiger partial charge < -0.3 is 14.4 Å². The SMILES string of the molecule is CC(C)([C@@H](CC(CNCc1ccccc1)(Cc1ccccc1)Cc1ccccc1)OP(=O)(Oc1ccccc1)Oc1ccccc1)[N+](=O)[O-]. The van der Waals surface area contributed by atoms with E-state index >= 15 is 0 Å². The molecule has 0 radical (unpaired) electrons. The molecular formula is C40H43N2O6P. The van der Waals surface area contributed by atoms with Crippen LogP contribution >= 0.6 is 7.82 Å². The highest BCUT2D eigenvalue weighted by molar-refractivity contribution is 7.49. The summed E-state index contributed by atoms with van der Waals surface area (Å²) in [6.07, 6.45) is 0.0994. The molecule has 0 aromatic heterocycles. The van der Waals surface area contributed by atoms with Crippen LogP contribution in [0.5, 0.6) is 11.5 Å². The topological polar surface area (TPSA) is 99.9 Å². The normalized spacial score (nSPS) is 12.6. The largest absolute Gasteiger partial charge is 0.588 e. The van der Waals surface area contributed by atoms with Crippen LogP contribution in [0.1, 0.15) is 37.0 Å². The maximum atomic E-state index is 14.7.